The Kier molecular flexibility index (Phi) is 6.74. The van der Waals surface area contributed by atoms with Crippen LogP contribution in [0.25, 0.3) is 0 Å². The average molecular weight is 387 g/mol. The van der Waals surface area contributed by atoms with Crippen LogP contribution in [0.15, 0.2) is 42.5 Å². The average Bonchev–Trinajstić information content (AvgIpc) is 2.57. The van der Waals surface area contributed by atoms with E-state index in [-0.39, 0.29) is 17.4 Å². The molecule has 0 aromatic heterocycles. The number of carbonyl (C=O) groups is 1. The number of hydrogen-bond acceptors (Lipinski definition) is 2. The highest BCUT2D eigenvalue weighted by atomic mass is 35.5. The van der Waals surface area contributed by atoms with E-state index in [1.54, 1.807) is 12.1 Å². The zero-order chi connectivity index (χ0) is 19.2. The van der Waals surface area contributed by atoms with Crippen LogP contribution >= 0.6 is 11.6 Å². The number of nitrogens with one attached hydrogen (secondary N) is 2. The Hall–Kier alpha value is -2.41. The fourth-order valence-electron chi connectivity index (χ4n) is 2.25. The molecule has 0 aliphatic carbocycles. The van der Waals surface area contributed by atoms with Crippen molar-refractivity contribution in [3.05, 3.63) is 58.6 Å². The molecule has 0 heterocycles. The zero-order valence-corrected chi connectivity index (χ0v) is 14.7. The summed E-state index contributed by atoms with van der Waals surface area (Å²) in [6.45, 7) is 1.89. The molecule has 140 valence electrons. The van der Waals surface area contributed by atoms with E-state index in [4.69, 9.17) is 16.3 Å². The standard InChI is InChI=1S/C18H18ClF3N2O2/c1-2-3-12-4-7-14(8-5-12)26-11-23-17(25)24-16-9-6-13(19)10-15(16)18(20,21)22/h4-10H,2-3,11H2,1H3,(H2,23,24,25). The number of anilines is 1. The molecule has 0 spiro atoms. The Morgan fingerprint density at radius 1 is 1.15 bits per heavy atom. The summed E-state index contributed by atoms with van der Waals surface area (Å²) in [6.07, 6.45) is -2.64. The highest BCUT2D eigenvalue weighted by Crippen LogP contribution is 2.36. The largest absolute Gasteiger partial charge is 0.473 e. The maximum absolute atomic E-state index is 13.0. The van der Waals surface area contributed by atoms with Crippen LogP contribution in [0.2, 0.25) is 5.02 Å². The number of halogens is 4. The van der Waals surface area contributed by atoms with E-state index < -0.39 is 17.8 Å². The van der Waals surface area contributed by atoms with Gasteiger partial charge in [-0.2, -0.15) is 13.2 Å². The van der Waals surface area contributed by atoms with E-state index in [0.717, 1.165) is 25.0 Å². The summed E-state index contributed by atoms with van der Waals surface area (Å²) in [5.74, 6) is 0.549. The fraction of sp³-hybridized carbons (Fsp3) is 0.278. The fourth-order valence-corrected chi connectivity index (χ4v) is 2.42. The Bertz CT molecular complexity index is 749. The van der Waals surface area contributed by atoms with Crippen molar-refractivity contribution in [2.75, 3.05) is 12.0 Å². The SMILES string of the molecule is CCCc1ccc(OCNC(=O)Nc2ccc(Cl)cc2C(F)(F)F)cc1. The monoisotopic (exact) mass is 386 g/mol. The van der Waals surface area contributed by atoms with Crippen LogP contribution in [0.5, 0.6) is 5.75 Å². The van der Waals surface area contributed by atoms with Crippen LogP contribution < -0.4 is 15.4 Å². The minimum Gasteiger partial charge on any atom is -0.473 e. The highest BCUT2D eigenvalue weighted by Gasteiger charge is 2.34. The summed E-state index contributed by atoms with van der Waals surface area (Å²) in [5.41, 5.74) is -0.233. The van der Waals surface area contributed by atoms with E-state index >= 15 is 0 Å². The minimum absolute atomic E-state index is 0.0712. The molecule has 2 rings (SSSR count). The molecule has 0 unspecified atom stereocenters. The Morgan fingerprint density at radius 2 is 1.85 bits per heavy atom. The topological polar surface area (TPSA) is 50.4 Å². The number of alkyl halides is 3. The van der Waals surface area contributed by atoms with Gasteiger partial charge in [-0.1, -0.05) is 37.1 Å². The van der Waals surface area contributed by atoms with E-state index in [2.05, 4.69) is 17.6 Å². The van der Waals surface area contributed by atoms with Crippen LogP contribution in [-0.2, 0) is 12.6 Å². The number of carbonyl (C=O) groups excluding carboxylic acids is 1. The van der Waals surface area contributed by atoms with Gasteiger partial charge in [0.2, 0.25) is 0 Å². The van der Waals surface area contributed by atoms with Crippen LogP contribution in [-0.4, -0.2) is 12.8 Å². The summed E-state index contributed by atoms with van der Waals surface area (Å²) in [4.78, 5) is 11.8. The van der Waals surface area contributed by atoms with Crippen molar-refractivity contribution in [3.63, 3.8) is 0 Å². The summed E-state index contributed by atoms with van der Waals surface area (Å²) in [7, 11) is 0. The minimum atomic E-state index is -4.63. The lowest BCUT2D eigenvalue weighted by Gasteiger charge is -2.15. The number of rotatable bonds is 6. The second-order valence-electron chi connectivity index (χ2n) is 5.50. The molecule has 2 aromatic carbocycles. The Morgan fingerprint density at radius 3 is 2.46 bits per heavy atom. The molecule has 0 fully saturated rings. The first-order valence-corrected chi connectivity index (χ1v) is 8.30. The molecule has 0 saturated heterocycles. The predicted octanol–water partition coefficient (Wildman–Crippen LogP) is 5.47. The van der Waals surface area contributed by atoms with Gasteiger partial charge in [-0.05, 0) is 42.3 Å². The summed E-state index contributed by atoms with van der Waals surface area (Å²) >= 11 is 5.59. The zero-order valence-electron chi connectivity index (χ0n) is 14.0. The molecule has 8 heteroatoms. The normalized spacial score (nSPS) is 11.1. The number of amides is 2. The van der Waals surface area contributed by atoms with Gasteiger partial charge >= 0.3 is 12.2 Å². The third-order valence-corrected chi connectivity index (χ3v) is 3.70. The van der Waals surface area contributed by atoms with Crippen molar-refractivity contribution in [2.24, 2.45) is 0 Å². The first-order chi connectivity index (χ1) is 12.3. The number of hydrogen-bond donors (Lipinski definition) is 2. The van der Waals surface area contributed by atoms with Gasteiger partial charge in [0, 0.05) is 5.02 Å². The molecule has 4 nitrogen and oxygen atoms in total. The van der Waals surface area contributed by atoms with Gasteiger partial charge in [0.25, 0.3) is 0 Å². The molecule has 0 aliphatic heterocycles. The Balaban J connectivity index is 1.89. The van der Waals surface area contributed by atoms with Gasteiger partial charge in [0.1, 0.15) is 5.75 Å². The molecule has 0 radical (unpaired) electrons. The predicted molar refractivity (Wildman–Crippen MR) is 94.5 cm³/mol. The molecule has 26 heavy (non-hydrogen) atoms. The number of aryl methyl sites for hydroxylation is 1. The smallest absolute Gasteiger partial charge is 0.418 e. The molecule has 2 aromatic rings. The van der Waals surface area contributed by atoms with E-state index in [9.17, 15) is 18.0 Å². The highest BCUT2D eigenvalue weighted by molar-refractivity contribution is 6.30. The molecule has 0 saturated carbocycles. The van der Waals surface area contributed by atoms with E-state index in [0.29, 0.717) is 5.75 Å². The molecule has 0 atom stereocenters. The molecule has 0 bridgehead atoms. The lowest BCUT2D eigenvalue weighted by molar-refractivity contribution is -0.136. The summed E-state index contributed by atoms with van der Waals surface area (Å²) < 4.78 is 44.3. The van der Waals surface area contributed by atoms with Crippen molar-refractivity contribution < 1.29 is 22.7 Å². The van der Waals surface area contributed by atoms with Gasteiger partial charge in [-0.3, -0.25) is 0 Å². The van der Waals surface area contributed by atoms with Crippen LogP contribution in [0, 0.1) is 0 Å². The van der Waals surface area contributed by atoms with E-state index in [1.165, 1.54) is 11.6 Å². The molecular formula is C18H18ClF3N2O2. The van der Waals surface area contributed by atoms with Gasteiger partial charge in [-0.15, -0.1) is 0 Å². The van der Waals surface area contributed by atoms with Crippen LogP contribution in [0.3, 0.4) is 0 Å². The molecule has 0 aliphatic rings. The first-order valence-electron chi connectivity index (χ1n) is 7.93. The van der Waals surface area contributed by atoms with Crippen molar-refractivity contribution in [3.8, 4) is 5.75 Å². The number of benzene rings is 2. The lowest BCUT2D eigenvalue weighted by Crippen LogP contribution is -2.32. The third-order valence-electron chi connectivity index (χ3n) is 3.47. The maximum Gasteiger partial charge on any atom is 0.418 e. The van der Waals surface area contributed by atoms with E-state index in [1.807, 2.05) is 12.1 Å². The molecular weight excluding hydrogens is 369 g/mol. The lowest BCUT2D eigenvalue weighted by atomic mass is 10.1. The van der Waals surface area contributed by atoms with Gasteiger partial charge < -0.3 is 15.4 Å². The summed E-state index contributed by atoms with van der Waals surface area (Å²) in [6, 6.07) is 9.67. The van der Waals surface area contributed by atoms with Crippen molar-refractivity contribution in [1.82, 2.24) is 5.32 Å². The van der Waals surface area contributed by atoms with Crippen LogP contribution in [0.4, 0.5) is 23.7 Å². The first kappa shape index (κ1) is 19.9. The van der Waals surface area contributed by atoms with Crippen molar-refractivity contribution in [2.45, 2.75) is 25.9 Å². The molecule has 2 amide bonds. The van der Waals surface area contributed by atoms with Crippen LogP contribution in [0.1, 0.15) is 24.5 Å². The second kappa shape index (κ2) is 8.80. The Labute approximate surface area is 154 Å². The second-order valence-corrected chi connectivity index (χ2v) is 5.94. The number of urea groups is 1. The number of ether oxygens (including phenoxy) is 1. The van der Waals surface area contributed by atoms with Crippen molar-refractivity contribution in [1.29, 1.82) is 0 Å². The summed E-state index contributed by atoms with van der Waals surface area (Å²) in [5, 5.41) is 4.42. The van der Waals surface area contributed by atoms with Crippen molar-refractivity contribution >= 4 is 23.3 Å². The van der Waals surface area contributed by atoms with Gasteiger partial charge in [0.15, 0.2) is 6.73 Å². The maximum atomic E-state index is 13.0. The van der Waals surface area contributed by atoms with Gasteiger partial charge in [-0.25, -0.2) is 4.79 Å². The molecule has 2 N–H and O–H groups in total. The quantitative estimate of drug-likeness (QED) is 0.647. The van der Waals surface area contributed by atoms with Gasteiger partial charge in [0.05, 0.1) is 11.3 Å². The third kappa shape index (κ3) is 5.84.